The quantitative estimate of drug-likeness (QED) is 0.183. The highest BCUT2D eigenvalue weighted by molar-refractivity contribution is 5.85. The molecule has 190 valence electrons. The predicted molar refractivity (Wildman–Crippen MR) is 132 cm³/mol. The summed E-state index contributed by atoms with van der Waals surface area (Å²) in [5.74, 6) is 2.49. The topological polar surface area (TPSA) is 80.2 Å². The van der Waals surface area contributed by atoms with Crippen LogP contribution in [0.4, 0.5) is 4.79 Å². The van der Waals surface area contributed by atoms with Crippen LogP contribution >= 0.6 is 0 Å². The molecule has 0 amide bonds. The molecular formula is C28H44N2O4. The van der Waals surface area contributed by atoms with Gasteiger partial charge in [-0.05, 0) is 106 Å². The normalized spacial score (nSPS) is 44.4. The molecule has 2 N–H and O–H groups in total. The molecule has 0 aromatic carbocycles. The number of nitrogens with zero attached hydrogens (tertiary/aromatic N) is 1. The van der Waals surface area contributed by atoms with Gasteiger partial charge in [0.2, 0.25) is 0 Å². The molecule has 0 spiro atoms. The Morgan fingerprint density at radius 1 is 1.15 bits per heavy atom. The van der Waals surface area contributed by atoms with E-state index in [0.29, 0.717) is 18.4 Å². The third-order valence-electron chi connectivity index (χ3n) is 10.7. The number of oxime groups is 1. The monoisotopic (exact) mass is 472 g/mol. The Morgan fingerprint density at radius 2 is 2.00 bits per heavy atom. The molecule has 5 rings (SSSR count). The van der Waals surface area contributed by atoms with Crippen LogP contribution in [-0.2, 0) is 9.57 Å². The van der Waals surface area contributed by atoms with Crippen molar-refractivity contribution in [2.75, 3.05) is 13.2 Å². The van der Waals surface area contributed by atoms with E-state index in [1.54, 1.807) is 0 Å². The molecule has 1 saturated heterocycles. The molecule has 0 bridgehead atoms. The maximum atomic E-state index is 12.1. The fourth-order valence-corrected chi connectivity index (χ4v) is 8.76. The first kappa shape index (κ1) is 24.3. The second kappa shape index (κ2) is 9.57. The van der Waals surface area contributed by atoms with Gasteiger partial charge in [-0.15, -0.1) is 0 Å². The van der Waals surface area contributed by atoms with Crippen LogP contribution in [0.1, 0.15) is 91.4 Å². The molecule has 4 aliphatic carbocycles. The Labute approximate surface area is 204 Å². The van der Waals surface area contributed by atoms with Gasteiger partial charge in [-0.3, -0.25) is 4.84 Å². The van der Waals surface area contributed by atoms with Gasteiger partial charge in [-0.25, -0.2) is 4.79 Å². The van der Waals surface area contributed by atoms with Gasteiger partial charge in [0.1, 0.15) is 6.61 Å². The average Bonchev–Trinajstić information content (AvgIpc) is 3.19. The Bertz CT molecular complexity index is 834. The Morgan fingerprint density at radius 3 is 2.79 bits per heavy atom. The molecule has 8 atom stereocenters. The van der Waals surface area contributed by atoms with Crippen LogP contribution in [0.25, 0.3) is 0 Å². The summed E-state index contributed by atoms with van der Waals surface area (Å²) >= 11 is 0. The van der Waals surface area contributed by atoms with E-state index in [4.69, 9.17) is 9.57 Å². The van der Waals surface area contributed by atoms with Crippen molar-refractivity contribution in [1.82, 2.24) is 5.32 Å². The third-order valence-corrected chi connectivity index (χ3v) is 10.7. The lowest BCUT2D eigenvalue weighted by atomic mass is 9.47. The van der Waals surface area contributed by atoms with Gasteiger partial charge in [0.15, 0.2) is 0 Å². The lowest BCUT2D eigenvalue weighted by Crippen LogP contribution is -2.50. The van der Waals surface area contributed by atoms with Crippen molar-refractivity contribution in [1.29, 1.82) is 0 Å². The largest absolute Gasteiger partial charge is 0.535 e. The van der Waals surface area contributed by atoms with E-state index in [1.165, 1.54) is 37.7 Å². The molecule has 1 unspecified atom stereocenters. The minimum Gasteiger partial charge on any atom is -0.431 e. The first-order chi connectivity index (χ1) is 16.3. The summed E-state index contributed by atoms with van der Waals surface area (Å²) in [6.07, 6.45) is 14.0. The SMILES string of the molecule is C/C(=N\OC(=O)OCC1CCCCN1)[C@H]1CC[C@H]2[C@@H]3CC=C4C[C@@H](O)CC[C@]4(C)[C@H]3CC[C@]12C. The lowest BCUT2D eigenvalue weighted by molar-refractivity contribution is -0.0426. The minimum atomic E-state index is -0.688. The van der Waals surface area contributed by atoms with Crippen LogP contribution in [0.15, 0.2) is 16.8 Å². The van der Waals surface area contributed by atoms with Gasteiger partial charge in [-0.2, -0.15) is 0 Å². The van der Waals surface area contributed by atoms with E-state index < -0.39 is 6.16 Å². The number of ether oxygens (including phenoxy) is 1. The zero-order valence-corrected chi connectivity index (χ0v) is 21.4. The van der Waals surface area contributed by atoms with E-state index in [9.17, 15) is 9.90 Å². The van der Waals surface area contributed by atoms with Crippen molar-refractivity contribution in [3.05, 3.63) is 11.6 Å². The van der Waals surface area contributed by atoms with Crippen LogP contribution in [-0.4, -0.2) is 42.3 Å². The Hall–Kier alpha value is -1.40. The molecular weight excluding hydrogens is 428 g/mol. The number of nitrogens with one attached hydrogen (secondary N) is 1. The summed E-state index contributed by atoms with van der Waals surface area (Å²) in [6, 6.07) is 0.232. The van der Waals surface area contributed by atoms with Crippen molar-refractivity contribution in [3.63, 3.8) is 0 Å². The maximum absolute atomic E-state index is 12.1. The average molecular weight is 473 g/mol. The fraction of sp³-hybridized carbons (Fsp3) is 0.857. The number of carbonyl (C=O) groups excluding carboxylic acids is 1. The maximum Gasteiger partial charge on any atom is 0.535 e. The van der Waals surface area contributed by atoms with Gasteiger partial charge < -0.3 is 15.2 Å². The fourth-order valence-electron chi connectivity index (χ4n) is 8.76. The molecule has 34 heavy (non-hydrogen) atoms. The summed E-state index contributed by atoms with van der Waals surface area (Å²) in [7, 11) is 0. The number of carbonyl (C=O) groups is 1. The molecule has 3 saturated carbocycles. The third kappa shape index (κ3) is 4.34. The predicted octanol–water partition coefficient (Wildman–Crippen LogP) is 5.60. The molecule has 5 aliphatic rings. The molecule has 0 aromatic heterocycles. The van der Waals surface area contributed by atoms with Crippen molar-refractivity contribution in [2.24, 2.45) is 39.7 Å². The summed E-state index contributed by atoms with van der Waals surface area (Å²) < 4.78 is 5.31. The summed E-state index contributed by atoms with van der Waals surface area (Å²) in [4.78, 5) is 17.3. The van der Waals surface area contributed by atoms with Crippen LogP contribution in [0, 0.1) is 34.5 Å². The summed E-state index contributed by atoms with van der Waals surface area (Å²) in [6.45, 7) is 8.31. The minimum absolute atomic E-state index is 0.148. The highest BCUT2D eigenvalue weighted by atomic mass is 16.8. The molecule has 6 nitrogen and oxygen atoms in total. The number of piperidine rings is 1. The number of aliphatic hydroxyl groups is 1. The van der Waals surface area contributed by atoms with E-state index in [0.717, 1.165) is 62.6 Å². The first-order valence-electron chi connectivity index (χ1n) is 13.8. The van der Waals surface area contributed by atoms with Crippen LogP contribution in [0.5, 0.6) is 0 Å². The zero-order chi connectivity index (χ0) is 23.9. The van der Waals surface area contributed by atoms with Gasteiger partial charge in [0.25, 0.3) is 0 Å². The van der Waals surface area contributed by atoms with E-state index in [2.05, 4.69) is 30.4 Å². The molecule has 0 radical (unpaired) electrons. The summed E-state index contributed by atoms with van der Waals surface area (Å²) in [5.41, 5.74) is 2.95. The van der Waals surface area contributed by atoms with Crippen LogP contribution < -0.4 is 5.32 Å². The number of rotatable bonds is 4. The second-order valence-corrected chi connectivity index (χ2v) is 12.4. The molecule has 1 heterocycles. The van der Waals surface area contributed by atoms with Crippen LogP contribution in [0.2, 0.25) is 0 Å². The van der Waals surface area contributed by atoms with Crippen molar-refractivity contribution in [2.45, 2.75) is 104 Å². The number of hydrogen-bond acceptors (Lipinski definition) is 6. The standard InChI is InChI=1S/C28H44N2O4/c1-18(30-34-26(32)33-17-20-6-4-5-15-29-20)23-9-10-24-22-8-7-19-16-21(31)11-13-27(19,2)25(22)12-14-28(23,24)3/h7,20-25,29,31H,4-6,8-17H2,1-3H3/b30-18+/t20?,21-,22-,23+,24-,25-,27-,28+/m0/s1. The van der Waals surface area contributed by atoms with Gasteiger partial charge in [-0.1, -0.05) is 37.1 Å². The number of hydrogen-bond donors (Lipinski definition) is 2. The highest BCUT2D eigenvalue weighted by Gasteiger charge is 2.59. The molecule has 0 aromatic rings. The van der Waals surface area contributed by atoms with Gasteiger partial charge >= 0.3 is 6.16 Å². The van der Waals surface area contributed by atoms with E-state index >= 15 is 0 Å². The first-order valence-corrected chi connectivity index (χ1v) is 13.8. The number of fused-ring (bicyclic) bond motifs is 5. The zero-order valence-electron chi connectivity index (χ0n) is 21.4. The smallest absolute Gasteiger partial charge is 0.431 e. The number of allylic oxidation sites excluding steroid dienone is 1. The van der Waals surface area contributed by atoms with Crippen LogP contribution in [0.3, 0.4) is 0 Å². The highest BCUT2D eigenvalue weighted by Crippen LogP contribution is 2.66. The Kier molecular flexibility index (Phi) is 6.84. The van der Waals surface area contributed by atoms with E-state index in [1.807, 2.05) is 6.92 Å². The van der Waals surface area contributed by atoms with Crippen molar-refractivity contribution >= 4 is 11.9 Å². The number of aliphatic hydroxyl groups excluding tert-OH is 1. The Balaban J connectivity index is 1.22. The van der Waals surface area contributed by atoms with Gasteiger partial charge in [0, 0.05) is 12.0 Å². The van der Waals surface area contributed by atoms with Gasteiger partial charge in [0.05, 0.1) is 11.8 Å². The molecule has 1 aliphatic heterocycles. The summed E-state index contributed by atoms with van der Waals surface area (Å²) in [5, 5.41) is 17.9. The lowest BCUT2D eigenvalue weighted by Gasteiger charge is -2.58. The van der Waals surface area contributed by atoms with Crippen molar-refractivity contribution in [3.8, 4) is 0 Å². The second-order valence-electron chi connectivity index (χ2n) is 12.4. The van der Waals surface area contributed by atoms with Crippen molar-refractivity contribution < 1.29 is 19.5 Å². The van der Waals surface area contributed by atoms with E-state index in [-0.39, 0.29) is 23.0 Å². The molecule has 6 heteroatoms. The molecule has 4 fully saturated rings.